The zero-order chi connectivity index (χ0) is 15.9. The molecule has 0 aliphatic carbocycles. The van der Waals surface area contributed by atoms with E-state index < -0.39 is 65.6 Å². The van der Waals surface area contributed by atoms with Gasteiger partial charge in [0.15, 0.2) is 23.3 Å². The van der Waals surface area contributed by atoms with E-state index >= 15 is 0 Å². The highest BCUT2D eigenvalue weighted by molar-refractivity contribution is 5.94. The van der Waals surface area contributed by atoms with Crippen molar-refractivity contribution in [3.8, 4) is 0 Å². The lowest BCUT2D eigenvalue weighted by Gasteiger charge is -2.32. The highest BCUT2D eigenvalue weighted by atomic mass is 19.2. The van der Waals surface area contributed by atoms with E-state index in [2.05, 4.69) is 5.32 Å². The maximum atomic E-state index is 13.5. The molecule has 0 radical (unpaired) electrons. The summed E-state index contributed by atoms with van der Waals surface area (Å²) in [5.41, 5.74) is -1.15. The van der Waals surface area contributed by atoms with Gasteiger partial charge in [-0.25, -0.2) is 22.0 Å². The highest BCUT2D eigenvalue weighted by Gasteiger charge is 2.34. The van der Waals surface area contributed by atoms with Crippen molar-refractivity contribution in [2.45, 2.75) is 19.5 Å². The zero-order valence-corrected chi connectivity index (χ0v) is 10.6. The molecule has 1 aromatic carbocycles. The number of benzene rings is 1. The number of halogens is 5. The van der Waals surface area contributed by atoms with E-state index in [4.69, 9.17) is 0 Å². The topological polar surface area (TPSA) is 49.4 Å². The SMILES string of the molecule is C[C@H]1C(=O)NCC(=O)N1Cc1c(F)c(F)c(F)c(F)c1F. The van der Waals surface area contributed by atoms with E-state index in [-0.39, 0.29) is 0 Å². The Morgan fingerprint density at radius 1 is 1.00 bits per heavy atom. The fourth-order valence-electron chi connectivity index (χ4n) is 1.95. The maximum Gasteiger partial charge on any atom is 0.242 e. The molecule has 114 valence electrons. The van der Waals surface area contributed by atoms with E-state index in [1.54, 1.807) is 0 Å². The van der Waals surface area contributed by atoms with Crippen molar-refractivity contribution in [2.24, 2.45) is 0 Å². The number of amides is 2. The number of rotatable bonds is 2. The van der Waals surface area contributed by atoms with Crippen LogP contribution in [-0.2, 0) is 16.1 Å². The minimum absolute atomic E-state index is 0.404. The van der Waals surface area contributed by atoms with Gasteiger partial charge in [0.05, 0.1) is 13.1 Å². The predicted octanol–water partition coefficient (Wildman–Crippen LogP) is 1.23. The summed E-state index contributed by atoms with van der Waals surface area (Å²) in [7, 11) is 0. The van der Waals surface area contributed by atoms with Gasteiger partial charge >= 0.3 is 0 Å². The number of carbonyl (C=O) groups is 2. The lowest BCUT2D eigenvalue weighted by Crippen LogP contribution is -2.56. The molecule has 1 saturated heterocycles. The first kappa shape index (κ1) is 15.2. The van der Waals surface area contributed by atoms with Crippen LogP contribution in [0.2, 0.25) is 0 Å². The molecule has 1 aromatic rings. The first-order valence-corrected chi connectivity index (χ1v) is 5.83. The second-order valence-electron chi connectivity index (χ2n) is 4.46. The summed E-state index contributed by atoms with van der Waals surface area (Å²) in [6.45, 7) is -0.0176. The molecule has 2 amide bonds. The Balaban J connectivity index is 2.44. The molecule has 0 saturated carbocycles. The van der Waals surface area contributed by atoms with Crippen LogP contribution in [0, 0.1) is 29.1 Å². The van der Waals surface area contributed by atoms with Crippen LogP contribution in [-0.4, -0.2) is 29.3 Å². The van der Waals surface area contributed by atoms with Crippen LogP contribution in [0.25, 0.3) is 0 Å². The molecule has 1 aliphatic heterocycles. The minimum atomic E-state index is -2.27. The van der Waals surface area contributed by atoms with Crippen LogP contribution >= 0.6 is 0 Å². The van der Waals surface area contributed by atoms with Gasteiger partial charge in [-0.3, -0.25) is 9.59 Å². The van der Waals surface area contributed by atoms with Crippen LogP contribution in [0.4, 0.5) is 22.0 Å². The van der Waals surface area contributed by atoms with Crippen molar-refractivity contribution in [1.82, 2.24) is 10.2 Å². The van der Waals surface area contributed by atoms with Crippen molar-refractivity contribution >= 4 is 11.8 Å². The molecule has 9 heteroatoms. The van der Waals surface area contributed by atoms with Gasteiger partial charge in [0.2, 0.25) is 17.6 Å². The summed E-state index contributed by atoms with van der Waals surface area (Å²) in [4.78, 5) is 23.8. The van der Waals surface area contributed by atoms with Gasteiger partial charge in [-0.05, 0) is 6.92 Å². The van der Waals surface area contributed by atoms with Crippen LogP contribution in [0.5, 0.6) is 0 Å². The van der Waals surface area contributed by atoms with E-state index in [9.17, 15) is 31.5 Å². The monoisotopic (exact) mass is 308 g/mol. The van der Waals surface area contributed by atoms with Gasteiger partial charge in [0.25, 0.3) is 0 Å². The molecule has 0 unspecified atom stereocenters. The molecule has 1 aliphatic rings. The van der Waals surface area contributed by atoms with Crippen molar-refractivity contribution in [1.29, 1.82) is 0 Å². The van der Waals surface area contributed by atoms with Crippen molar-refractivity contribution in [2.75, 3.05) is 6.54 Å². The number of piperazine rings is 1. The molecule has 4 nitrogen and oxygen atoms in total. The normalized spacial score (nSPS) is 19.0. The molecule has 0 bridgehead atoms. The predicted molar refractivity (Wildman–Crippen MR) is 59.3 cm³/mol. The van der Waals surface area contributed by atoms with Crippen LogP contribution < -0.4 is 5.32 Å². The number of nitrogens with zero attached hydrogens (tertiary/aromatic N) is 1. The summed E-state index contributed by atoms with van der Waals surface area (Å²) >= 11 is 0. The molecule has 0 aromatic heterocycles. The first-order valence-electron chi connectivity index (χ1n) is 5.83. The number of hydrogen-bond donors (Lipinski definition) is 1. The van der Waals surface area contributed by atoms with Gasteiger partial charge < -0.3 is 10.2 Å². The molecule has 21 heavy (non-hydrogen) atoms. The lowest BCUT2D eigenvalue weighted by molar-refractivity contribution is -0.145. The summed E-state index contributed by atoms with van der Waals surface area (Å²) in [6, 6.07) is -1.08. The van der Waals surface area contributed by atoms with Crippen LogP contribution in [0.15, 0.2) is 0 Å². The summed E-state index contributed by atoms with van der Waals surface area (Å²) in [6.07, 6.45) is 0. The average molecular weight is 308 g/mol. The molecular formula is C12H9F5N2O2. The molecule has 0 spiro atoms. The molecule has 1 N–H and O–H groups in total. The van der Waals surface area contributed by atoms with Gasteiger partial charge in [-0.2, -0.15) is 0 Å². The Labute approximate surface area is 115 Å². The van der Waals surface area contributed by atoms with Gasteiger partial charge in [0.1, 0.15) is 6.04 Å². The molecule has 1 fully saturated rings. The number of hydrogen-bond acceptors (Lipinski definition) is 2. The van der Waals surface area contributed by atoms with E-state index in [0.717, 1.165) is 4.90 Å². The van der Waals surface area contributed by atoms with E-state index in [0.29, 0.717) is 0 Å². The quantitative estimate of drug-likeness (QED) is 0.507. The van der Waals surface area contributed by atoms with E-state index in [1.807, 2.05) is 0 Å². The third-order valence-electron chi connectivity index (χ3n) is 3.21. The third kappa shape index (κ3) is 2.43. The fraction of sp³-hybridized carbons (Fsp3) is 0.333. The van der Waals surface area contributed by atoms with Gasteiger partial charge in [-0.1, -0.05) is 0 Å². The van der Waals surface area contributed by atoms with Crippen molar-refractivity contribution in [3.05, 3.63) is 34.6 Å². The van der Waals surface area contributed by atoms with Gasteiger partial charge in [-0.15, -0.1) is 0 Å². The van der Waals surface area contributed by atoms with Gasteiger partial charge in [0, 0.05) is 5.56 Å². The largest absolute Gasteiger partial charge is 0.345 e. The van der Waals surface area contributed by atoms with Crippen molar-refractivity contribution < 1.29 is 31.5 Å². The lowest BCUT2D eigenvalue weighted by atomic mass is 10.1. The molecule has 2 rings (SSSR count). The zero-order valence-electron chi connectivity index (χ0n) is 10.6. The second-order valence-corrected chi connectivity index (χ2v) is 4.46. The molecule has 1 atom stereocenters. The number of nitrogens with one attached hydrogen (secondary N) is 1. The van der Waals surface area contributed by atoms with Crippen LogP contribution in [0.1, 0.15) is 12.5 Å². The molecular weight excluding hydrogens is 299 g/mol. The maximum absolute atomic E-state index is 13.5. The first-order chi connectivity index (χ1) is 9.75. The minimum Gasteiger partial charge on any atom is -0.345 e. The average Bonchev–Trinajstić information content (AvgIpc) is 2.46. The summed E-state index contributed by atoms with van der Waals surface area (Å²) in [5.74, 6) is -11.8. The van der Waals surface area contributed by atoms with Crippen LogP contribution in [0.3, 0.4) is 0 Å². The highest BCUT2D eigenvalue weighted by Crippen LogP contribution is 2.25. The van der Waals surface area contributed by atoms with Crippen molar-refractivity contribution in [3.63, 3.8) is 0 Å². The third-order valence-corrected chi connectivity index (χ3v) is 3.21. The Kier molecular flexibility index (Phi) is 3.84. The fourth-order valence-corrected chi connectivity index (χ4v) is 1.95. The Bertz CT molecular complexity index is 606. The smallest absolute Gasteiger partial charge is 0.242 e. The summed E-state index contributed by atoms with van der Waals surface area (Å²) in [5, 5.41) is 2.23. The molecule has 1 heterocycles. The van der Waals surface area contributed by atoms with E-state index in [1.165, 1.54) is 6.92 Å². The Morgan fingerprint density at radius 2 is 1.48 bits per heavy atom. The second kappa shape index (κ2) is 5.30. The Hall–Kier alpha value is -2.19. The number of carbonyl (C=O) groups excluding carboxylic acids is 2. The Morgan fingerprint density at radius 3 is 2.00 bits per heavy atom. The summed E-state index contributed by atoms with van der Waals surface area (Å²) < 4.78 is 66.2. The standard InChI is InChI=1S/C12H9F5N2O2/c1-4-12(21)18-2-6(20)19(4)3-5-7(13)9(15)11(17)10(16)8(5)14/h4H,2-3H2,1H3,(H,18,21)/t4-/m0/s1.